The van der Waals surface area contributed by atoms with Crippen LogP contribution in [-0.4, -0.2) is 38.2 Å². The molecule has 1 aromatic carbocycles. The van der Waals surface area contributed by atoms with E-state index >= 15 is 0 Å². The maximum Gasteiger partial charge on any atom is 0.285 e. The van der Waals surface area contributed by atoms with Gasteiger partial charge in [0.15, 0.2) is 5.84 Å². The lowest BCUT2D eigenvalue weighted by molar-refractivity contribution is -0.126. The van der Waals surface area contributed by atoms with Crippen LogP contribution in [-0.2, 0) is 21.4 Å². The zero-order chi connectivity index (χ0) is 18.1. The average Bonchev–Trinajstić information content (AvgIpc) is 3.26. The number of amidine groups is 1. The Morgan fingerprint density at radius 3 is 2.69 bits per heavy atom. The van der Waals surface area contributed by atoms with Gasteiger partial charge in [0.05, 0.1) is 12.8 Å². The van der Waals surface area contributed by atoms with Crippen LogP contribution < -0.4 is 5.32 Å². The van der Waals surface area contributed by atoms with E-state index in [0.29, 0.717) is 43.9 Å². The number of likely N-dealkylation sites (tertiary alicyclic amines) is 1. The molecule has 1 N–H and O–H groups in total. The maximum absolute atomic E-state index is 12.3. The van der Waals surface area contributed by atoms with Crippen molar-refractivity contribution >= 4 is 21.8 Å². The summed E-state index contributed by atoms with van der Waals surface area (Å²) in [7, 11) is -3.61. The largest absolute Gasteiger partial charge is 0.467 e. The Balaban J connectivity index is 1.39. The molecule has 2 aromatic rings. The molecule has 0 unspecified atom stereocenters. The van der Waals surface area contributed by atoms with E-state index in [1.165, 1.54) is 0 Å². The minimum atomic E-state index is -3.61. The predicted molar refractivity (Wildman–Crippen MR) is 95.0 cm³/mol. The molecule has 0 spiro atoms. The summed E-state index contributed by atoms with van der Waals surface area (Å²) in [6.45, 7) is 1.58. The molecule has 4 rings (SSSR count). The molecule has 0 aliphatic carbocycles. The number of nitrogens with one attached hydrogen (secondary N) is 1. The minimum Gasteiger partial charge on any atom is -0.467 e. The summed E-state index contributed by atoms with van der Waals surface area (Å²) in [6.07, 6.45) is 2.89. The van der Waals surface area contributed by atoms with Gasteiger partial charge in [-0.1, -0.05) is 12.1 Å². The molecule has 136 valence electrons. The molecule has 8 heteroatoms. The monoisotopic (exact) mass is 373 g/mol. The first-order valence-electron chi connectivity index (χ1n) is 8.54. The van der Waals surface area contributed by atoms with Crippen LogP contribution in [0.5, 0.6) is 0 Å². The Hall–Kier alpha value is -2.61. The van der Waals surface area contributed by atoms with Crippen LogP contribution in [0.15, 0.2) is 56.4 Å². The highest BCUT2D eigenvalue weighted by atomic mass is 32.2. The highest BCUT2D eigenvalue weighted by molar-refractivity contribution is 7.90. The predicted octanol–water partition coefficient (Wildman–Crippen LogP) is 1.76. The highest BCUT2D eigenvalue weighted by Crippen LogP contribution is 2.29. The molecule has 0 saturated carbocycles. The summed E-state index contributed by atoms with van der Waals surface area (Å²) in [5, 5.41) is 2.89. The van der Waals surface area contributed by atoms with E-state index in [0.717, 1.165) is 5.76 Å². The molecule has 0 bridgehead atoms. The van der Waals surface area contributed by atoms with Gasteiger partial charge in [-0.3, -0.25) is 4.79 Å². The second-order valence-electron chi connectivity index (χ2n) is 6.44. The van der Waals surface area contributed by atoms with Crippen LogP contribution >= 0.6 is 0 Å². The lowest BCUT2D eigenvalue weighted by Gasteiger charge is -2.32. The Kier molecular flexibility index (Phi) is 4.28. The van der Waals surface area contributed by atoms with Crippen LogP contribution in [0.1, 0.15) is 24.2 Å². The maximum atomic E-state index is 12.3. The third kappa shape index (κ3) is 3.12. The molecule has 1 aromatic heterocycles. The number of furan rings is 1. The van der Waals surface area contributed by atoms with Crippen LogP contribution in [0.2, 0.25) is 0 Å². The van der Waals surface area contributed by atoms with Gasteiger partial charge >= 0.3 is 0 Å². The quantitative estimate of drug-likeness (QED) is 0.885. The first-order chi connectivity index (χ1) is 12.5. The van der Waals surface area contributed by atoms with Crippen LogP contribution in [0.4, 0.5) is 0 Å². The summed E-state index contributed by atoms with van der Waals surface area (Å²) in [4.78, 5) is 14.5. The van der Waals surface area contributed by atoms with Crippen molar-refractivity contribution in [3.63, 3.8) is 0 Å². The standard InChI is InChI=1S/C18H19N3O4S/c22-18(19-12-14-4-3-11-25-14)13-7-9-21(10-8-13)17-15-5-1-2-6-16(15)26(23,24)20-17/h1-6,11,13H,7-10,12H2,(H,19,22). The number of benzene rings is 1. The van der Waals surface area contributed by atoms with Gasteiger partial charge in [-0.15, -0.1) is 4.40 Å². The molecule has 0 atom stereocenters. The fraction of sp³-hybridized carbons (Fsp3) is 0.333. The minimum absolute atomic E-state index is 0.00225. The molecule has 2 aliphatic heterocycles. The number of carbonyl (C=O) groups excluding carboxylic acids is 1. The van der Waals surface area contributed by atoms with Gasteiger partial charge in [0.2, 0.25) is 5.91 Å². The third-order valence-corrected chi connectivity index (χ3v) is 6.12. The zero-order valence-corrected chi connectivity index (χ0v) is 14.9. The molecule has 0 radical (unpaired) electrons. The molecule has 26 heavy (non-hydrogen) atoms. The van der Waals surface area contributed by atoms with Gasteiger partial charge in [0, 0.05) is 24.6 Å². The summed E-state index contributed by atoms with van der Waals surface area (Å²) < 4.78 is 33.5. The van der Waals surface area contributed by atoms with Crippen molar-refractivity contribution in [3.05, 3.63) is 54.0 Å². The topological polar surface area (TPSA) is 92.0 Å². The molecular weight excluding hydrogens is 354 g/mol. The average molecular weight is 373 g/mol. The van der Waals surface area contributed by atoms with Gasteiger partial charge in [0.1, 0.15) is 10.7 Å². The van der Waals surface area contributed by atoms with E-state index in [2.05, 4.69) is 9.71 Å². The summed E-state index contributed by atoms with van der Waals surface area (Å²) >= 11 is 0. The fourth-order valence-electron chi connectivity index (χ4n) is 3.40. The number of carbonyl (C=O) groups is 1. The first-order valence-corrected chi connectivity index (χ1v) is 9.98. The third-order valence-electron chi connectivity index (χ3n) is 4.79. The molecule has 7 nitrogen and oxygen atoms in total. The number of sulfonamides is 1. The smallest absolute Gasteiger partial charge is 0.285 e. The Morgan fingerprint density at radius 2 is 1.96 bits per heavy atom. The summed E-state index contributed by atoms with van der Waals surface area (Å²) in [5.41, 5.74) is 0.647. The molecule has 1 saturated heterocycles. The van der Waals surface area contributed by atoms with Crippen molar-refractivity contribution in [1.82, 2.24) is 10.2 Å². The lowest BCUT2D eigenvalue weighted by Crippen LogP contribution is -2.42. The van der Waals surface area contributed by atoms with Gasteiger partial charge in [0.25, 0.3) is 10.0 Å². The second-order valence-corrected chi connectivity index (χ2v) is 8.02. The number of amides is 1. The zero-order valence-electron chi connectivity index (χ0n) is 14.1. The molecular formula is C18H19N3O4S. The van der Waals surface area contributed by atoms with E-state index in [-0.39, 0.29) is 16.7 Å². The second kappa shape index (κ2) is 6.60. The summed E-state index contributed by atoms with van der Waals surface area (Å²) in [6, 6.07) is 10.5. The Labute approximate surface area is 151 Å². The number of rotatable bonds is 3. The van der Waals surface area contributed by atoms with Crippen molar-refractivity contribution in [2.24, 2.45) is 10.3 Å². The number of piperidine rings is 1. The van der Waals surface area contributed by atoms with E-state index < -0.39 is 10.0 Å². The van der Waals surface area contributed by atoms with Crippen molar-refractivity contribution in [1.29, 1.82) is 0 Å². The van der Waals surface area contributed by atoms with Gasteiger partial charge < -0.3 is 14.6 Å². The van der Waals surface area contributed by atoms with Crippen LogP contribution in [0.25, 0.3) is 0 Å². The number of nitrogens with zero attached hydrogens (tertiary/aromatic N) is 2. The lowest BCUT2D eigenvalue weighted by atomic mass is 9.95. The SMILES string of the molecule is O=C(NCc1ccco1)C1CCN(C2=NS(=O)(=O)c3ccccc32)CC1. The van der Waals surface area contributed by atoms with Crippen LogP contribution in [0.3, 0.4) is 0 Å². The number of hydrogen-bond acceptors (Lipinski definition) is 5. The number of hydrogen-bond donors (Lipinski definition) is 1. The highest BCUT2D eigenvalue weighted by Gasteiger charge is 2.34. The number of fused-ring (bicyclic) bond motifs is 1. The van der Waals surface area contributed by atoms with E-state index in [4.69, 9.17) is 4.42 Å². The molecule has 2 aliphatic rings. The Bertz CT molecular complexity index is 943. The van der Waals surface area contributed by atoms with Crippen molar-refractivity contribution in [2.75, 3.05) is 13.1 Å². The van der Waals surface area contributed by atoms with E-state index in [1.54, 1.807) is 30.5 Å². The molecule has 3 heterocycles. The van der Waals surface area contributed by atoms with E-state index in [1.807, 2.05) is 17.0 Å². The van der Waals surface area contributed by atoms with Crippen molar-refractivity contribution in [3.8, 4) is 0 Å². The fourth-order valence-corrected chi connectivity index (χ4v) is 4.63. The van der Waals surface area contributed by atoms with Gasteiger partial charge in [-0.05, 0) is 37.1 Å². The van der Waals surface area contributed by atoms with Gasteiger partial charge in [-0.25, -0.2) is 0 Å². The van der Waals surface area contributed by atoms with Crippen LogP contribution in [0, 0.1) is 5.92 Å². The van der Waals surface area contributed by atoms with Gasteiger partial charge in [-0.2, -0.15) is 8.42 Å². The van der Waals surface area contributed by atoms with Crippen molar-refractivity contribution < 1.29 is 17.6 Å². The Morgan fingerprint density at radius 1 is 1.19 bits per heavy atom. The molecule has 1 fully saturated rings. The summed E-state index contributed by atoms with van der Waals surface area (Å²) in [5.74, 6) is 1.13. The van der Waals surface area contributed by atoms with Crippen molar-refractivity contribution in [2.45, 2.75) is 24.3 Å². The normalized spacial score (nSPS) is 19.1. The molecule has 1 amide bonds. The van der Waals surface area contributed by atoms with E-state index in [9.17, 15) is 13.2 Å². The first kappa shape index (κ1) is 16.8.